The van der Waals surface area contributed by atoms with Crippen molar-refractivity contribution in [2.75, 3.05) is 19.6 Å². The summed E-state index contributed by atoms with van der Waals surface area (Å²) in [6.07, 6.45) is 4.60. The lowest BCUT2D eigenvalue weighted by atomic mass is 10.2. The predicted octanol–water partition coefficient (Wildman–Crippen LogP) is 0.350. The zero-order valence-corrected chi connectivity index (χ0v) is 10.1. The van der Waals surface area contributed by atoms with Gasteiger partial charge in [0.1, 0.15) is 12.7 Å². The van der Waals surface area contributed by atoms with Crippen molar-refractivity contribution in [2.45, 2.75) is 38.9 Å². The van der Waals surface area contributed by atoms with Gasteiger partial charge in [-0.2, -0.15) is 5.10 Å². The molecule has 1 unspecified atom stereocenters. The normalized spacial score (nSPS) is 22.1. The van der Waals surface area contributed by atoms with E-state index in [1.54, 1.807) is 12.7 Å². The minimum atomic E-state index is 0.644. The van der Waals surface area contributed by atoms with Gasteiger partial charge in [0, 0.05) is 25.2 Å². The van der Waals surface area contributed by atoms with Gasteiger partial charge in [0.15, 0.2) is 0 Å². The molecule has 1 aliphatic rings. The Balaban J connectivity index is 1.64. The van der Waals surface area contributed by atoms with Crippen molar-refractivity contribution in [1.82, 2.24) is 25.0 Å². The molecule has 0 aromatic carbocycles. The molecule has 0 aliphatic carbocycles. The molecule has 1 saturated heterocycles. The number of nitrogens with one attached hydrogen (secondary N) is 1. The zero-order valence-electron chi connectivity index (χ0n) is 10.1. The standard InChI is InChI=1S/C11H21N5/c1-10(2)15-5-3-11(7-15)13-4-6-16-9-12-8-14-16/h8-11,13H,3-7H2,1-2H3. The van der Waals surface area contributed by atoms with Crippen molar-refractivity contribution in [3.63, 3.8) is 0 Å². The van der Waals surface area contributed by atoms with Crippen LogP contribution in [-0.2, 0) is 6.54 Å². The fraction of sp³-hybridized carbons (Fsp3) is 0.818. The van der Waals surface area contributed by atoms with Crippen molar-refractivity contribution < 1.29 is 0 Å². The van der Waals surface area contributed by atoms with Crippen LogP contribution in [0.4, 0.5) is 0 Å². The van der Waals surface area contributed by atoms with E-state index in [1.807, 2.05) is 4.68 Å². The summed E-state index contributed by atoms with van der Waals surface area (Å²) < 4.78 is 1.86. The molecule has 16 heavy (non-hydrogen) atoms. The Kier molecular flexibility index (Phi) is 3.90. The number of hydrogen-bond acceptors (Lipinski definition) is 4. The molecule has 1 aliphatic heterocycles. The fourth-order valence-corrected chi connectivity index (χ4v) is 2.15. The second-order valence-corrected chi connectivity index (χ2v) is 4.69. The monoisotopic (exact) mass is 223 g/mol. The first kappa shape index (κ1) is 11.5. The Morgan fingerprint density at radius 3 is 3.00 bits per heavy atom. The third-order valence-electron chi connectivity index (χ3n) is 3.19. The summed E-state index contributed by atoms with van der Waals surface area (Å²) in [4.78, 5) is 6.44. The van der Waals surface area contributed by atoms with E-state index in [4.69, 9.17) is 0 Å². The molecule has 0 radical (unpaired) electrons. The molecule has 1 aromatic rings. The number of aromatic nitrogens is 3. The number of likely N-dealkylation sites (tertiary alicyclic amines) is 1. The van der Waals surface area contributed by atoms with Crippen molar-refractivity contribution in [2.24, 2.45) is 0 Å². The highest BCUT2D eigenvalue weighted by molar-refractivity contribution is 4.82. The van der Waals surface area contributed by atoms with Crippen molar-refractivity contribution >= 4 is 0 Å². The van der Waals surface area contributed by atoms with E-state index in [9.17, 15) is 0 Å². The summed E-state index contributed by atoms with van der Waals surface area (Å²) in [7, 11) is 0. The first-order valence-electron chi connectivity index (χ1n) is 6.05. The molecule has 0 spiro atoms. The molecule has 2 heterocycles. The van der Waals surface area contributed by atoms with E-state index in [2.05, 4.69) is 34.1 Å². The molecule has 2 rings (SSSR count). The Hall–Kier alpha value is -0.940. The van der Waals surface area contributed by atoms with Gasteiger partial charge in [-0.3, -0.25) is 9.58 Å². The molecule has 1 aromatic heterocycles. The first-order chi connectivity index (χ1) is 7.75. The second kappa shape index (κ2) is 5.41. The largest absolute Gasteiger partial charge is 0.311 e. The Morgan fingerprint density at radius 1 is 1.50 bits per heavy atom. The highest BCUT2D eigenvalue weighted by atomic mass is 15.3. The molecule has 5 heteroatoms. The van der Waals surface area contributed by atoms with Gasteiger partial charge in [-0.25, -0.2) is 4.98 Å². The van der Waals surface area contributed by atoms with Gasteiger partial charge >= 0.3 is 0 Å². The highest BCUT2D eigenvalue weighted by Gasteiger charge is 2.23. The molecular weight excluding hydrogens is 202 g/mol. The SMILES string of the molecule is CC(C)N1CCC(NCCn2cncn2)C1. The van der Waals surface area contributed by atoms with Crippen LogP contribution >= 0.6 is 0 Å². The quantitative estimate of drug-likeness (QED) is 0.782. The Bertz CT molecular complexity index is 295. The van der Waals surface area contributed by atoms with Gasteiger partial charge in [0.05, 0.1) is 6.54 Å². The number of hydrogen-bond donors (Lipinski definition) is 1. The van der Waals surface area contributed by atoms with Crippen LogP contribution in [0.3, 0.4) is 0 Å². The van der Waals surface area contributed by atoms with Gasteiger partial charge in [0.2, 0.25) is 0 Å². The van der Waals surface area contributed by atoms with Crippen molar-refractivity contribution in [1.29, 1.82) is 0 Å². The predicted molar refractivity (Wildman–Crippen MR) is 63.1 cm³/mol. The minimum Gasteiger partial charge on any atom is -0.311 e. The lowest BCUT2D eigenvalue weighted by molar-refractivity contribution is 0.268. The average molecular weight is 223 g/mol. The molecule has 5 nitrogen and oxygen atoms in total. The summed E-state index contributed by atoms with van der Waals surface area (Å²) in [6, 6.07) is 1.31. The van der Waals surface area contributed by atoms with Gasteiger partial charge in [-0.1, -0.05) is 0 Å². The fourth-order valence-electron chi connectivity index (χ4n) is 2.15. The summed E-state index contributed by atoms with van der Waals surface area (Å²) in [5.74, 6) is 0. The summed E-state index contributed by atoms with van der Waals surface area (Å²) in [5, 5.41) is 7.65. The van der Waals surface area contributed by atoms with Crippen LogP contribution in [0, 0.1) is 0 Å². The van der Waals surface area contributed by atoms with Crippen LogP contribution in [0.5, 0.6) is 0 Å². The van der Waals surface area contributed by atoms with Gasteiger partial charge in [0.25, 0.3) is 0 Å². The summed E-state index contributed by atoms with van der Waals surface area (Å²) in [5.41, 5.74) is 0. The average Bonchev–Trinajstić information content (AvgIpc) is 2.87. The van der Waals surface area contributed by atoms with Gasteiger partial charge in [-0.05, 0) is 26.8 Å². The van der Waals surface area contributed by atoms with E-state index in [1.165, 1.54) is 19.5 Å². The maximum Gasteiger partial charge on any atom is 0.137 e. The lowest BCUT2D eigenvalue weighted by Gasteiger charge is -2.20. The smallest absolute Gasteiger partial charge is 0.137 e. The van der Waals surface area contributed by atoms with E-state index >= 15 is 0 Å². The zero-order chi connectivity index (χ0) is 11.4. The first-order valence-corrected chi connectivity index (χ1v) is 6.05. The Labute approximate surface area is 96.8 Å². The molecule has 90 valence electrons. The van der Waals surface area contributed by atoms with Gasteiger partial charge in [-0.15, -0.1) is 0 Å². The molecule has 0 amide bonds. The molecule has 1 fully saturated rings. The van der Waals surface area contributed by atoms with Crippen LogP contribution in [-0.4, -0.2) is 51.4 Å². The van der Waals surface area contributed by atoms with E-state index in [0.717, 1.165) is 13.1 Å². The topological polar surface area (TPSA) is 46.0 Å². The molecule has 1 N–H and O–H groups in total. The number of nitrogens with zero attached hydrogens (tertiary/aromatic N) is 4. The summed E-state index contributed by atoms with van der Waals surface area (Å²) in [6.45, 7) is 8.79. The third kappa shape index (κ3) is 3.02. The van der Waals surface area contributed by atoms with Crippen molar-refractivity contribution in [3.05, 3.63) is 12.7 Å². The second-order valence-electron chi connectivity index (χ2n) is 4.69. The van der Waals surface area contributed by atoms with E-state index in [-0.39, 0.29) is 0 Å². The maximum atomic E-state index is 4.08. The third-order valence-corrected chi connectivity index (χ3v) is 3.19. The van der Waals surface area contributed by atoms with Gasteiger partial charge < -0.3 is 5.32 Å². The van der Waals surface area contributed by atoms with Crippen LogP contribution in [0.15, 0.2) is 12.7 Å². The number of rotatable bonds is 5. The maximum absolute atomic E-state index is 4.08. The molecule has 0 saturated carbocycles. The van der Waals surface area contributed by atoms with Crippen LogP contribution in [0.25, 0.3) is 0 Å². The Morgan fingerprint density at radius 2 is 2.38 bits per heavy atom. The molecule has 1 atom stereocenters. The molecule has 0 bridgehead atoms. The van der Waals surface area contributed by atoms with E-state index in [0.29, 0.717) is 12.1 Å². The van der Waals surface area contributed by atoms with Crippen LogP contribution in [0.2, 0.25) is 0 Å². The van der Waals surface area contributed by atoms with Crippen LogP contribution < -0.4 is 5.32 Å². The lowest BCUT2D eigenvalue weighted by Crippen LogP contribution is -2.36. The summed E-state index contributed by atoms with van der Waals surface area (Å²) >= 11 is 0. The van der Waals surface area contributed by atoms with Crippen molar-refractivity contribution in [3.8, 4) is 0 Å². The minimum absolute atomic E-state index is 0.644. The van der Waals surface area contributed by atoms with Crippen LogP contribution in [0.1, 0.15) is 20.3 Å². The highest BCUT2D eigenvalue weighted by Crippen LogP contribution is 2.11. The van der Waals surface area contributed by atoms with E-state index < -0.39 is 0 Å². The molecular formula is C11H21N5.